The average molecular weight is 242 g/mol. The van der Waals surface area contributed by atoms with Crippen LogP contribution in [0.15, 0.2) is 0 Å². The first-order chi connectivity index (χ1) is 7.84. The van der Waals surface area contributed by atoms with E-state index < -0.39 is 0 Å². The van der Waals surface area contributed by atoms with Gasteiger partial charge in [0.1, 0.15) is 0 Å². The lowest BCUT2D eigenvalue weighted by molar-refractivity contribution is -0.122. The SMILES string of the molecule is O=C(CC1CCCNC1)NC1CCCSC1. The highest BCUT2D eigenvalue weighted by Crippen LogP contribution is 2.18. The van der Waals surface area contributed by atoms with Gasteiger partial charge >= 0.3 is 0 Å². The summed E-state index contributed by atoms with van der Waals surface area (Å²) in [6.45, 7) is 2.14. The van der Waals surface area contributed by atoms with Crippen LogP contribution in [0.1, 0.15) is 32.1 Å². The molecule has 2 N–H and O–H groups in total. The third-order valence-corrected chi connectivity index (χ3v) is 4.61. The van der Waals surface area contributed by atoms with Crippen molar-refractivity contribution < 1.29 is 4.79 Å². The maximum atomic E-state index is 11.8. The maximum Gasteiger partial charge on any atom is 0.220 e. The van der Waals surface area contributed by atoms with E-state index in [9.17, 15) is 4.79 Å². The van der Waals surface area contributed by atoms with Crippen molar-refractivity contribution in [3.63, 3.8) is 0 Å². The third kappa shape index (κ3) is 3.98. The van der Waals surface area contributed by atoms with E-state index in [2.05, 4.69) is 10.6 Å². The average Bonchev–Trinajstić information content (AvgIpc) is 2.31. The van der Waals surface area contributed by atoms with Crippen molar-refractivity contribution in [2.45, 2.75) is 38.1 Å². The lowest BCUT2D eigenvalue weighted by atomic mass is 9.96. The topological polar surface area (TPSA) is 41.1 Å². The van der Waals surface area contributed by atoms with Gasteiger partial charge in [-0.25, -0.2) is 0 Å². The van der Waals surface area contributed by atoms with Crippen molar-refractivity contribution in [3.8, 4) is 0 Å². The van der Waals surface area contributed by atoms with Gasteiger partial charge in [0.2, 0.25) is 5.91 Å². The van der Waals surface area contributed by atoms with Crippen molar-refractivity contribution >= 4 is 17.7 Å². The van der Waals surface area contributed by atoms with Gasteiger partial charge in [0.25, 0.3) is 0 Å². The molecule has 2 rings (SSSR count). The molecule has 2 fully saturated rings. The Balaban J connectivity index is 1.66. The van der Waals surface area contributed by atoms with Crippen molar-refractivity contribution in [2.75, 3.05) is 24.6 Å². The number of thioether (sulfide) groups is 1. The molecule has 2 atom stereocenters. The molecule has 2 unspecified atom stereocenters. The van der Waals surface area contributed by atoms with Crippen molar-refractivity contribution in [3.05, 3.63) is 0 Å². The summed E-state index contributed by atoms with van der Waals surface area (Å²) >= 11 is 1.96. The van der Waals surface area contributed by atoms with E-state index >= 15 is 0 Å². The summed E-state index contributed by atoms with van der Waals surface area (Å²) in [5.41, 5.74) is 0. The Morgan fingerprint density at radius 2 is 2.31 bits per heavy atom. The monoisotopic (exact) mass is 242 g/mol. The van der Waals surface area contributed by atoms with Gasteiger partial charge in [-0.15, -0.1) is 0 Å². The molecule has 2 saturated heterocycles. The van der Waals surface area contributed by atoms with Crippen LogP contribution in [0.4, 0.5) is 0 Å². The van der Waals surface area contributed by atoms with E-state index in [4.69, 9.17) is 0 Å². The van der Waals surface area contributed by atoms with Crippen LogP contribution in [0.2, 0.25) is 0 Å². The molecule has 4 heteroatoms. The van der Waals surface area contributed by atoms with Crippen LogP contribution < -0.4 is 10.6 Å². The van der Waals surface area contributed by atoms with Crippen molar-refractivity contribution in [1.82, 2.24) is 10.6 Å². The number of nitrogens with one attached hydrogen (secondary N) is 2. The molecule has 0 saturated carbocycles. The van der Waals surface area contributed by atoms with Crippen LogP contribution >= 0.6 is 11.8 Å². The highest BCUT2D eigenvalue weighted by molar-refractivity contribution is 7.99. The standard InChI is InChI=1S/C12H22N2OS/c15-12(7-10-3-1-5-13-8-10)14-11-4-2-6-16-9-11/h10-11,13H,1-9H2,(H,14,15). The lowest BCUT2D eigenvalue weighted by Gasteiger charge is -2.25. The molecule has 2 aliphatic heterocycles. The van der Waals surface area contributed by atoms with Crippen molar-refractivity contribution in [1.29, 1.82) is 0 Å². The fraction of sp³-hybridized carbons (Fsp3) is 0.917. The summed E-state index contributed by atoms with van der Waals surface area (Å²) in [5.74, 6) is 3.19. The lowest BCUT2D eigenvalue weighted by Crippen LogP contribution is -2.40. The van der Waals surface area contributed by atoms with Crippen LogP contribution in [0.3, 0.4) is 0 Å². The van der Waals surface area contributed by atoms with E-state index in [0.29, 0.717) is 18.4 Å². The molecule has 0 radical (unpaired) electrons. The number of hydrogen-bond acceptors (Lipinski definition) is 3. The van der Waals surface area contributed by atoms with Crippen LogP contribution in [0.5, 0.6) is 0 Å². The summed E-state index contributed by atoms with van der Waals surface area (Å²) < 4.78 is 0. The molecule has 0 aromatic heterocycles. The van der Waals surface area contributed by atoms with Gasteiger partial charge in [-0.2, -0.15) is 11.8 Å². The fourth-order valence-electron chi connectivity index (χ4n) is 2.50. The predicted molar refractivity (Wildman–Crippen MR) is 68.7 cm³/mol. The second-order valence-corrected chi connectivity index (χ2v) is 6.05. The quantitative estimate of drug-likeness (QED) is 0.786. The highest BCUT2D eigenvalue weighted by atomic mass is 32.2. The number of rotatable bonds is 3. The Bertz CT molecular complexity index is 201. The largest absolute Gasteiger partial charge is 0.353 e. The second-order valence-electron chi connectivity index (χ2n) is 4.90. The maximum absolute atomic E-state index is 11.8. The van der Waals surface area contributed by atoms with E-state index in [1.807, 2.05) is 11.8 Å². The second kappa shape index (κ2) is 6.50. The summed E-state index contributed by atoms with van der Waals surface area (Å²) in [7, 11) is 0. The Morgan fingerprint density at radius 1 is 1.38 bits per heavy atom. The van der Waals surface area contributed by atoms with E-state index in [1.165, 1.54) is 31.4 Å². The van der Waals surface area contributed by atoms with Gasteiger partial charge in [-0.05, 0) is 50.4 Å². The molecule has 2 aliphatic rings. The molecule has 1 amide bonds. The number of amides is 1. The van der Waals surface area contributed by atoms with Gasteiger partial charge in [0, 0.05) is 18.2 Å². The molecule has 2 heterocycles. The zero-order chi connectivity index (χ0) is 11.2. The van der Waals surface area contributed by atoms with Gasteiger partial charge in [0.05, 0.1) is 0 Å². The highest BCUT2D eigenvalue weighted by Gasteiger charge is 2.20. The molecule has 0 spiro atoms. The molecule has 3 nitrogen and oxygen atoms in total. The number of carbonyl (C=O) groups is 1. The smallest absolute Gasteiger partial charge is 0.220 e. The zero-order valence-electron chi connectivity index (χ0n) is 9.84. The first-order valence-electron chi connectivity index (χ1n) is 6.42. The Labute approximate surface area is 102 Å². The molecule has 16 heavy (non-hydrogen) atoms. The molecule has 0 aromatic rings. The molecule has 92 valence electrons. The normalized spacial score (nSPS) is 31.0. The van der Waals surface area contributed by atoms with Gasteiger partial charge in [-0.1, -0.05) is 0 Å². The van der Waals surface area contributed by atoms with Gasteiger partial charge < -0.3 is 10.6 Å². The molecule has 0 bridgehead atoms. The molecule has 0 aromatic carbocycles. The van der Waals surface area contributed by atoms with Crippen molar-refractivity contribution in [2.24, 2.45) is 5.92 Å². The third-order valence-electron chi connectivity index (χ3n) is 3.40. The molecular formula is C12H22N2OS. The van der Waals surface area contributed by atoms with Crippen LogP contribution in [-0.4, -0.2) is 36.5 Å². The Morgan fingerprint density at radius 3 is 3.00 bits per heavy atom. The number of carbonyl (C=O) groups excluding carboxylic acids is 1. The summed E-state index contributed by atoms with van der Waals surface area (Å²) in [5, 5.41) is 6.54. The summed E-state index contributed by atoms with van der Waals surface area (Å²) in [4.78, 5) is 11.8. The van der Waals surface area contributed by atoms with Gasteiger partial charge in [0.15, 0.2) is 0 Å². The minimum Gasteiger partial charge on any atom is -0.353 e. The first-order valence-corrected chi connectivity index (χ1v) is 7.58. The molecular weight excluding hydrogens is 220 g/mol. The van der Waals surface area contributed by atoms with E-state index in [1.54, 1.807) is 0 Å². The zero-order valence-corrected chi connectivity index (χ0v) is 10.7. The first kappa shape index (κ1) is 12.2. The number of hydrogen-bond donors (Lipinski definition) is 2. The Kier molecular flexibility index (Phi) is 4.97. The predicted octanol–water partition coefficient (Wildman–Crippen LogP) is 1.39. The van der Waals surface area contributed by atoms with Crippen LogP contribution in [0.25, 0.3) is 0 Å². The minimum atomic E-state index is 0.265. The van der Waals surface area contributed by atoms with Crippen LogP contribution in [-0.2, 0) is 4.79 Å². The summed E-state index contributed by atoms with van der Waals surface area (Å²) in [6.07, 6.45) is 5.56. The van der Waals surface area contributed by atoms with E-state index in [-0.39, 0.29) is 5.91 Å². The molecule has 0 aliphatic carbocycles. The van der Waals surface area contributed by atoms with E-state index in [0.717, 1.165) is 18.8 Å². The fourth-order valence-corrected chi connectivity index (χ4v) is 3.57. The number of piperidine rings is 1. The Hall–Kier alpha value is -0.220. The summed E-state index contributed by atoms with van der Waals surface area (Å²) in [6, 6.07) is 0.433. The van der Waals surface area contributed by atoms with Gasteiger partial charge in [-0.3, -0.25) is 4.79 Å². The minimum absolute atomic E-state index is 0.265. The van der Waals surface area contributed by atoms with Crippen LogP contribution in [0, 0.1) is 5.92 Å².